The van der Waals surface area contributed by atoms with E-state index in [1.165, 1.54) is 16.9 Å². The Balaban J connectivity index is 1.41. The van der Waals surface area contributed by atoms with Gasteiger partial charge in [-0.3, -0.25) is 10.2 Å². The van der Waals surface area contributed by atoms with E-state index in [0.29, 0.717) is 15.8 Å². The molecule has 0 aliphatic carbocycles. The van der Waals surface area contributed by atoms with Crippen LogP contribution in [0, 0.1) is 0 Å². The lowest BCUT2D eigenvalue weighted by Gasteiger charge is -2.26. The van der Waals surface area contributed by atoms with E-state index in [9.17, 15) is 4.79 Å². The second-order valence-corrected chi connectivity index (χ2v) is 7.76. The lowest BCUT2D eigenvalue weighted by molar-refractivity contribution is 0.0342. The van der Waals surface area contributed by atoms with Gasteiger partial charge < -0.3 is 10.1 Å². The number of urea groups is 1. The molecule has 8 heteroatoms. The van der Waals surface area contributed by atoms with Gasteiger partial charge in [0.25, 0.3) is 0 Å². The van der Waals surface area contributed by atoms with Crippen LogP contribution in [-0.2, 0) is 11.3 Å². The van der Waals surface area contributed by atoms with Crippen molar-refractivity contribution in [1.29, 1.82) is 0 Å². The molecular weight excluding hydrogens is 384 g/mol. The fourth-order valence-electron chi connectivity index (χ4n) is 2.93. The van der Waals surface area contributed by atoms with Gasteiger partial charge in [-0.25, -0.2) is 9.78 Å². The van der Waals surface area contributed by atoms with Crippen LogP contribution in [-0.4, -0.2) is 42.2 Å². The Morgan fingerprint density at radius 2 is 1.93 bits per heavy atom. The number of hydrogen-bond acceptors (Lipinski definition) is 5. The highest BCUT2D eigenvalue weighted by Crippen LogP contribution is 2.27. The molecular formula is C19H19ClN4O2S. The molecule has 1 saturated heterocycles. The van der Waals surface area contributed by atoms with Crippen molar-refractivity contribution in [2.75, 3.05) is 36.9 Å². The number of rotatable bonds is 4. The summed E-state index contributed by atoms with van der Waals surface area (Å²) in [6.45, 7) is 4.40. The third kappa shape index (κ3) is 4.75. The largest absolute Gasteiger partial charge is 0.379 e. The SMILES string of the molecule is O=C(Nc1ccc(Cl)cc1)Nc1nc2ccc(CN3CCOCC3)cc2s1. The Kier molecular flexibility index (Phi) is 5.54. The van der Waals surface area contributed by atoms with Crippen molar-refractivity contribution in [2.45, 2.75) is 6.54 Å². The molecule has 1 fully saturated rings. The Morgan fingerprint density at radius 1 is 1.15 bits per heavy atom. The van der Waals surface area contributed by atoms with Crippen molar-refractivity contribution in [3.05, 3.63) is 53.1 Å². The van der Waals surface area contributed by atoms with E-state index in [4.69, 9.17) is 16.3 Å². The molecule has 0 radical (unpaired) electrons. The van der Waals surface area contributed by atoms with Crippen LogP contribution in [0.15, 0.2) is 42.5 Å². The summed E-state index contributed by atoms with van der Waals surface area (Å²) < 4.78 is 6.45. The molecule has 140 valence electrons. The molecule has 3 aromatic rings. The van der Waals surface area contributed by atoms with Crippen LogP contribution in [0.4, 0.5) is 15.6 Å². The quantitative estimate of drug-likeness (QED) is 0.677. The van der Waals surface area contributed by atoms with E-state index in [1.807, 2.05) is 6.07 Å². The topological polar surface area (TPSA) is 66.5 Å². The van der Waals surface area contributed by atoms with Crippen molar-refractivity contribution in [3.8, 4) is 0 Å². The van der Waals surface area contributed by atoms with Crippen LogP contribution >= 0.6 is 22.9 Å². The van der Waals surface area contributed by atoms with Gasteiger partial charge in [0.1, 0.15) is 0 Å². The zero-order chi connectivity index (χ0) is 18.6. The Hall–Kier alpha value is -2.19. The molecule has 0 unspecified atom stereocenters. The number of anilines is 2. The summed E-state index contributed by atoms with van der Waals surface area (Å²) in [5.41, 5.74) is 2.79. The average Bonchev–Trinajstić information content (AvgIpc) is 3.06. The first kappa shape index (κ1) is 18.2. The number of hydrogen-bond donors (Lipinski definition) is 2. The van der Waals surface area contributed by atoms with Gasteiger partial charge in [-0.15, -0.1) is 0 Å². The molecule has 1 aromatic heterocycles. The molecule has 2 N–H and O–H groups in total. The molecule has 0 saturated carbocycles. The van der Waals surface area contributed by atoms with Crippen molar-refractivity contribution in [1.82, 2.24) is 9.88 Å². The summed E-state index contributed by atoms with van der Waals surface area (Å²) in [7, 11) is 0. The fourth-order valence-corrected chi connectivity index (χ4v) is 3.98. The highest BCUT2D eigenvalue weighted by molar-refractivity contribution is 7.22. The van der Waals surface area contributed by atoms with Crippen LogP contribution in [0.3, 0.4) is 0 Å². The second-order valence-electron chi connectivity index (χ2n) is 6.30. The second kappa shape index (κ2) is 8.22. The number of aromatic nitrogens is 1. The normalized spacial score (nSPS) is 15.0. The zero-order valence-corrected chi connectivity index (χ0v) is 16.1. The number of fused-ring (bicyclic) bond motifs is 1. The number of benzene rings is 2. The van der Waals surface area contributed by atoms with Gasteiger partial charge in [-0.05, 0) is 42.0 Å². The number of carbonyl (C=O) groups is 1. The number of amides is 2. The molecule has 1 aliphatic heterocycles. The van der Waals surface area contributed by atoms with Crippen LogP contribution in [0.2, 0.25) is 5.02 Å². The van der Waals surface area contributed by atoms with E-state index in [1.54, 1.807) is 24.3 Å². The van der Waals surface area contributed by atoms with Gasteiger partial charge in [0.05, 0.1) is 23.4 Å². The van der Waals surface area contributed by atoms with Gasteiger partial charge in [0.2, 0.25) is 0 Å². The van der Waals surface area contributed by atoms with Crippen LogP contribution in [0.5, 0.6) is 0 Å². The monoisotopic (exact) mass is 402 g/mol. The number of morpholine rings is 1. The molecule has 2 amide bonds. The number of halogens is 1. The lowest BCUT2D eigenvalue weighted by atomic mass is 10.2. The van der Waals surface area contributed by atoms with E-state index < -0.39 is 0 Å². The maximum atomic E-state index is 12.2. The van der Waals surface area contributed by atoms with E-state index in [0.717, 1.165) is 43.1 Å². The predicted octanol–water partition coefficient (Wildman–Crippen LogP) is 4.43. The predicted molar refractivity (Wildman–Crippen MR) is 110 cm³/mol. The molecule has 1 aliphatic rings. The minimum Gasteiger partial charge on any atom is -0.379 e. The molecule has 27 heavy (non-hydrogen) atoms. The van der Waals surface area contributed by atoms with Crippen molar-refractivity contribution >= 4 is 50.0 Å². The van der Waals surface area contributed by atoms with Crippen molar-refractivity contribution in [3.63, 3.8) is 0 Å². The smallest absolute Gasteiger partial charge is 0.325 e. The standard InChI is InChI=1S/C19H19ClN4O2S/c20-14-2-4-15(5-3-14)21-18(25)23-19-22-16-6-1-13(11-17(16)27-19)12-24-7-9-26-10-8-24/h1-6,11H,7-10,12H2,(H2,21,22,23,25). The van der Waals surface area contributed by atoms with Crippen molar-refractivity contribution in [2.24, 2.45) is 0 Å². The maximum absolute atomic E-state index is 12.2. The van der Waals surface area contributed by atoms with Gasteiger partial charge in [0.15, 0.2) is 5.13 Å². The minimum atomic E-state index is -0.329. The van der Waals surface area contributed by atoms with Crippen LogP contribution in [0.1, 0.15) is 5.56 Å². The number of thiazole rings is 1. The van der Waals surface area contributed by atoms with Gasteiger partial charge in [-0.2, -0.15) is 0 Å². The van der Waals surface area contributed by atoms with Gasteiger partial charge in [0, 0.05) is 30.3 Å². The van der Waals surface area contributed by atoms with E-state index >= 15 is 0 Å². The van der Waals surface area contributed by atoms with Crippen LogP contribution in [0.25, 0.3) is 10.2 Å². The molecule has 6 nitrogen and oxygen atoms in total. The molecule has 4 rings (SSSR count). The number of ether oxygens (including phenoxy) is 1. The van der Waals surface area contributed by atoms with Gasteiger partial charge >= 0.3 is 6.03 Å². The number of nitrogens with zero attached hydrogens (tertiary/aromatic N) is 2. The summed E-state index contributed by atoms with van der Waals surface area (Å²) in [4.78, 5) is 19.0. The Bertz CT molecular complexity index is 939. The first-order chi connectivity index (χ1) is 13.2. The first-order valence-electron chi connectivity index (χ1n) is 8.69. The fraction of sp³-hybridized carbons (Fsp3) is 0.263. The lowest BCUT2D eigenvalue weighted by Crippen LogP contribution is -2.35. The molecule has 0 bridgehead atoms. The Labute approximate surface area is 166 Å². The summed E-state index contributed by atoms with van der Waals surface area (Å²) in [5.74, 6) is 0. The van der Waals surface area contributed by atoms with Crippen LogP contribution < -0.4 is 10.6 Å². The summed E-state index contributed by atoms with van der Waals surface area (Å²) in [6.07, 6.45) is 0. The third-order valence-electron chi connectivity index (χ3n) is 4.29. The first-order valence-corrected chi connectivity index (χ1v) is 9.88. The summed E-state index contributed by atoms with van der Waals surface area (Å²) in [5, 5.41) is 6.75. The summed E-state index contributed by atoms with van der Waals surface area (Å²) in [6, 6.07) is 12.9. The van der Waals surface area contributed by atoms with Crippen molar-refractivity contribution < 1.29 is 9.53 Å². The molecule has 2 heterocycles. The Morgan fingerprint density at radius 3 is 2.70 bits per heavy atom. The van der Waals surface area contributed by atoms with Gasteiger partial charge in [-0.1, -0.05) is 29.0 Å². The van der Waals surface area contributed by atoms with E-state index in [-0.39, 0.29) is 6.03 Å². The molecule has 2 aromatic carbocycles. The minimum absolute atomic E-state index is 0.329. The number of carbonyl (C=O) groups excluding carboxylic acids is 1. The third-order valence-corrected chi connectivity index (χ3v) is 5.47. The molecule has 0 atom stereocenters. The average molecular weight is 403 g/mol. The molecule has 0 spiro atoms. The highest BCUT2D eigenvalue weighted by Gasteiger charge is 2.12. The summed E-state index contributed by atoms with van der Waals surface area (Å²) >= 11 is 7.32. The maximum Gasteiger partial charge on any atom is 0.325 e. The number of nitrogens with one attached hydrogen (secondary N) is 2. The van der Waals surface area contributed by atoms with E-state index in [2.05, 4.69) is 32.7 Å². The highest BCUT2D eigenvalue weighted by atomic mass is 35.5. The zero-order valence-electron chi connectivity index (χ0n) is 14.6.